The van der Waals surface area contributed by atoms with Crippen molar-refractivity contribution in [1.29, 1.82) is 0 Å². The van der Waals surface area contributed by atoms with Crippen molar-refractivity contribution in [1.82, 2.24) is 52.8 Å². The predicted octanol–water partition coefficient (Wildman–Crippen LogP) is -4.60. The van der Waals surface area contributed by atoms with E-state index in [9.17, 15) is 103 Å². The SMILES string of the molecule is CC[C@H](C)[C@H](NC(=O)[C@H](CCC(=O)O)NC(=O)[C@H](CCC(=O)O)NC(=O)[C@H](Cc1ccccc1)NC(=O)[C@H](CC(=O)O)NC(=O)C[NH3+])C(=O)N1CC=C[C@H]1C(=O)NCC(=O)N[C@@H](CCC(=O)O)C(=O)N[C@@H](Cc1ccc(O)cc1)C(=O)N[C@@H](C)C(=O)O. The molecule has 2 aromatic carbocycles. The number of carboxylic acid groups (broad SMARTS) is 5. The molecule has 0 fully saturated rings. The van der Waals surface area contributed by atoms with Gasteiger partial charge in [0.25, 0.3) is 5.91 Å². The molecule has 18 N–H and O–H groups in total. The molecule has 2 aromatic rings. The highest BCUT2D eigenvalue weighted by molar-refractivity contribution is 6.00. The van der Waals surface area contributed by atoms with Crippen LogP contribution in [-0.4, -0.2) is 198 Å². The topological polar surface area (TPSA) is 517 Å². The molecule has 32 nitrogen and oxygen atoms in total. The Morgan fingerprint density at radius 1 is 0.540 bits per heavy atom. The highest BCUT2D eigenvalue weighted by atomic mass is 16.4. The van der Waals surface area contributed by atoms with Crippen LogP contribution < -0.4 is 53.6 Å². The Morgan fingerprint density at radius 2 is 0.977 bits per heavy atom. The van der Waals surface area contributed by atoms with E-state index in [0.717, 1.165) is 11.8 Å². The number of hydrogen-bond acceptors (Lipinski definition) is 16. The number of carboxylic acids is 5. The fourth-order valence-electron chi connectivity index (χ4n) is 8.47. The van der Waals surface area contributed by atoms with Crippen molar-refractivity contribution in [2.75, 3.05) is 19.6 Å². The molecule has 3 rings (SSSR count). The maximum absolute atomic E-state index is 14.4. The third-order valence-corrected chi connectivity index (χ3v) is 13.5. The number of nitrogens with one attached hydrogen (secondary N) is 9. The number of carbonyl (C=O) groups is 15. The number of aromatic hydroxyl groups is 1. The lowest BCUT2D eigenvalue weighted by atomic mass is 9.96. The first-order valence-corrected chi connectivity index (χ1v) is 27.4. The van der Waals surface area contributed by atoms with E-state index in [-0.39, 0.29) is 38.1 Å². The van der Waals surface area contributed by atoms with Crippen molar-refractivity contribution in [3.8, 4) is 5.75 Å². The maximum atomic E-state index is 14.4. The summed E-state index contributed by atoms with van der Waals surface area (Å²) in [6.07, 6.45) is -2.56. The van der Waals surface area contributed by atoms with E-state index in [4.69, 9.17) is 0 Å². The Labute approximate surface area is 497 Å². The zero-order chi connectivity index (χ0) is 65.1. The van der Waals surface area contributed by atoms with E-state index >= 15 is 0 Å². The lowest BCUT2D eigenvalue weighted by Gasteiger charge is -2.32. The van der Waals surface area contributed by atoms with Crippen molar-refractivity contribution in [3.63, 3.8) is 0 Å². The molecule has 0 spiro atoms. The van der Waals surface area contributed by atoms with E-state index in [1.54, 1.807) is 44.2 Å². The normalized spacial score (nSPS) is 15.5. The fourth-order valence-corrected chi connectivity index (χ4v) is 8.47. The molecule has 10 amide bonds. The number of phenolic OH excluding ortho intramolecular Hbond substituents is 1. The van der Waals surface area contributed by atoms with Gasteiger partial charge >= 0.3 is 29.8 Å². The number of hydrogen-bond donors (Lipinski definition) is 16. The molecule has 0 saturated heterocycles. The summed E-state index contributed by atoms with van der Waals surface area (Å²) in [5, 5.41) is 78.2. The summed E-state index contributed by atoms with van der Waals surface area (Å²) in [5.74, 6) is -18.3. The van der Waals surface area contributed by atoms with Crippen molar-refractivity contribution in [2.24, 2.45) is 5.92 Å². The van der Waals surface area contributed by atoms with Crippen LogP contribution in [-0.2, 0) is 84.8 Å². The summed E-state index contributed by atoms with van der Waals surface area (Å²) in [6.45, 7) is 2.88. The number of phenols is 1. The van der Waals surface area contributed by atoms with Crippen LogP contribution in [0, 0.1) is 5.92 Å². The molecule has 474 valence electrons. The van der Waals surface area contributed by atoms with Crippen LogP contribution in [0.5, 0.6) is 5.75 Å². The van der Waals surface area contributed by atoms with E-state index in [1.807, 2.05) is 0 Å². The average molecular weight is 1230 g/mol. The van der Waals surface area contributed by atoms with Gasteiger partial charge in [-0.25, -0.2) is 0 Å². The number of quaternary nitrogens is 1. The predicted molar refractivity (Wildman–Crippen MR) is 298 cm³/mol. The van der Waals surface area contributed by atoms with Crippen molar-refractivity contribution in [2.45, 2.75) is 139 Å². The molecule has 0 aromatic heterocycles. The summed E-state index contributed by atoms with van der Waals surface area (Å²) in [7, 11) is 0. The number of aliphatic carboxylic acids is 5. The third kappa shape index (κ3) is 24.6. The van der Waals surface area contributed by atoms with Crippen molar-refractivity contribution in [3.05, 3.63) is 77.9 Å². The quantitative estimate of drug-likeness (QED) is 0.0283. The van der Waals surface area contributed by atoms with Gasteiger partial charge in [0.15, 0.2) is 6.54 Å². The van der Waals surface area contributed by atoms with Crippen LogP contribution in [0.2, 0.25) is 0 Å². The molecule has 1 aliphatic rings. The molecule has 0 unspecified atom stereocenters. The van der Waals surface area contributed by atoms with E-state index in [1.165, 1.54) is 36.4 Å². The molecule has 1 heterocycles. The Hall–Kier alpha value is -10.0. The largest absolute Gasteiger partial charge is 0.508 e. The van der Waals surface area contributed by atoms with E-state index in [2.05, 4.69) is 53.6 Å². The fraction of sp³-hybridized carbons (Fsp3) is 0.473. The zero-order valence-electron chi connectivity index (χ0n) is 47.8. The van der Waals surface area contributed by atoms with Gasteiger partial charge in [0.1, 0.15) is 60.1 Å². The van der Waals surface area contributed by atoms with Crippen molar-refractivity contribution >= 4 is 88.9 Å². The summed E-state index contributed by atoms with van der Waals surface area (Å²) >= 11 is 0. The van der Waals surface area contributed by atoms with Crippen LogP contribution in [0.4, 0.5) is 0 Å². The molecule has 1 aliphatic heterocycles. The van der Waals surface area contributed by atoms with Gasteiger partial charge in [0.2, 0.25) is 53.2 Å². The van der Waals surface area contributed by atoms with Crippen LogP contribution in [0.1, 0.15) is 83.3 Å². The van der Waals surface area contributed by atoms with E-state index in [0.29, 0.717) is 11.1 Å². The lowest BCUT2D eigenvalue weighted by molar-refractivity contribution is -0.355. The van der Waals surface area contributed by atoms with Crippen molar-refractivity contribution < 1.29 is 108 Å². The minimum atomic E-state index is -1.81. The zero-order valence-corrected chi connectivity index (χ0v) is 47.8. The summed E-state index contributed by atoms with van der Waals surface area (Å²) in [5.41, 5.74) is 4.23. The summed E-state index contributed by atoms with van der Waals surface area (Å²) in [6, 6.07) is -1.03. The van der Waals surface area contributed by atoms with Gasteiger partial charge in [0.05, 0.1) is 13.0 Å². The summed E-state index contributed by atoms with van der Waals surface area (Å²) < 4.78 is 0. The highest BCUT2D eigenvalue weighted by Crippen LogP contribution is 2.19. The second-order valence-electron chi connectivity index (χ2n) is 20.2. The molecule has 32 heteroatoms. The van der Waals surface area contributed by atoms with Crippen LogP contribution in [0.15, 0.2) is 66.7 Å². The average Bonchev–Trinajstić information content (AvgIpc) is 2.99. The molecule has 0 radical (unpaired) electrons. The smallest absolute Gasteiger partial charge is 0.325 e. The minimum Gasteiger partial charge on any atom is -0.508 e. The van der Waals surface area contributed by atoms with Crippen LogP contribution >= 0.6 is 0 Å². The lowest BCUT2D eigenvalue weighted by Crippen LogP contribution is -2.62. The van der Waals surface area contributed by atoms with Crippen LogP contribution in [0.25, 0.3) is 0 Å². The molecular weight excluding hydrogens is 1150 g/mol. The Bertz CT molecular complexity index is 2870. The van der Waals surface area contributed by atoms with Gasteiger partial charge in [0, 0.05) is 38.6 Å². The second-order valence-corrected chi connectivity index (χ2v) is 20.2. The third-order valence-electron chi connectivity index (χ3n) is 13.5. The standard InChI is InChI=1S/C55H73N11O21/c1-4-28(2)46(54(85)66-22-8-11-39(66)53(84)57-27-41(69)59-33(16-19-42(70)71)47(78)63-36(50(81)58-29(3)55(86)87)24-31-12-14-32(67)15-13-31)65-49(80)35(18-21-44(74)75)61-48(79)34(17-20-43(72)73)62-51(82)37(23-30-9-6-5-7-10-30)64-52(83)38(25-45(76)77)60-40(68)26-56/h5-15,28-29,33-39,46,67H,4,16-27,56H2,1-3H3,(H,57,84)(H,58,81)(H,59,69)(H,60,68)(H,61,79)(H,62,82)(H,63,78)(H,64,83)(H,65,80)(H,70,71)(H,72,73)(H,74,75)(H,76,77)(H,86,87)/p+1/t28-,29-,33-,34-,35-,36-,37-,38-,39-,46-/m0/s1. The number of amides is 10. The van der Waals surface area contributed by atoms with Gasteiger partial charge in [-0.05, 0) is 55.4 Å². The molecule has 0 saturated carbocycles. The molecular formula is C55H74N11O21+. The molecule has 10 atom stereocenters. The first-order valence-electron chi connectivity index (χ1n) is 27.4. The maximum Gasteiger partial charge on any atom is 0.325 e. The molecule has 0 aliphatic carbocycles. The van der Waals surface area contributed by atoms with Gasteiger partial charge in [-0.2, -0.15) is 0 Å². The number of benzene rings is 2. The minimum absolute atomic E-state index is 0.123. The first-order chi connectivity index (χ1) is 41.0. The van der Waals surface area contributed by atoms with Crippen LogP contribution in [0.3, 0.4) is 0 Å². The monoisotopic (exact) mass is 1220 g/mol. The van der Waals surface area contributed by atoms with Gasteiger partial charge in [-0.3, -0.25) is 71.9 Å². The van der Waals surface area contributed by atoms with Gasteiger partial charge < -0.3 is 89.1 Å². The van der Waals surface area contributed by atoms with Gasteiger partial charge in [-0.15, -0.1) is 0 Å². The Balaban J connectivity index is 1.84. The Morgan fingerprint density at radius 3 is 1.45 bits per heavy atom. The number of nitrogens with zero attached hydrogens (tertiary/aromatic N) is 1. The number of carbonyl (C=O) groups excluding carboxylic acids is 10. The summed E-state index contributed by atoms with van der Waals surface area (Å²) in [4.78, 5) is 196. The molecule has 0 bridgehead atoms. The number of rotatable bonds is 37. The first kappa shape index (κ1) is 71.3. The van der Waals surface area contributed by atoms with Gasteiger partial charge in [-0.1, -0.05) is 74.9 Å². The second kappa shape index (κ2) is 35.3. The molecule has 87 heavy (non-hydrogen) atoms. The van der Waals surface area contributed by atoms with E-state index < -0.39 is 201 Å². The highest BCUT2D eigenvalue weighted by Gasteiger charge is 2.40. The Kier molecular flexibility index (Phi) is 28.9.